The minimum Gasteiger partial charge on any atom is -0.253 e. The van der Waals surface area contributed by atoms with Gasteiger partial charge in [-0.15, -0.1) is 0 Å². The molecule has 13 heavy (non-hydrogen) atoms. The molecule has 0 amide bonds. The monoisotopic (exact) mass is 175 g/mol. The molecule has 1 aromatic heterocycles. The van der Waals surface area contributed by atoms with E-state index in [-0.39, 0.29) is 0 Å². The van der Waals surface area contributed by atoms with Gasteiger partial charge in [0, 0.05) is 12.3 Å². The zero-order valence-electron chi connectivity index (χ0n) is 8.36. The second-order valence-corrected chi connectivity index (χ2v) is 3.94. The Morgan fingerprint density at radius 1 is 1.46 bits per heavy atom. The molecule has 2 rings (SSSR count). The lowest BCUT2D eigenvalue weighted by Crippen LogP contribution is -2.06. The van der Waals surface area contributed by atoms with E-state index in [2.05, 4.69) is 42.7 Å². The van der Waals surface area contributed by atoms with Gasteiger partial charge in [-0.1, -0.05) is 13.8 Å². The molecule has 0 spiro atoms. The number of hydrogen-bond acceptors (Lipinski definition) is 1. The summed E-state index contributed by atoms with van der Waals surface area (Å²) in [5.41, 5.74) is 2.47. The summed E-state index contributed by atoms with van der Waals surface area (Å²) in [5, 5.41) is 0. The molecule has 0 saturated heterocycles. The van der Waals surface area contributed by atoms with Gasteiger partial charge in [0.25, 0.3) is 0 Å². The van der Waals surface area contributed by atoms with Crippen LogP contribution in [0, 0.1) is 5.92 Å². The van der Waals surface area contributed by atoms with Crippen molar-refractivity contribution in [1.29, 1.82) is 0 Å². The second kappa shape index (κ2) is 2.95. The van der Waals surface area contributed by atoms with E-state index in [4.69, 9.17) is 0 Å². The van der Waals surface area contributed by atoms with E-state index in [1.165, 1.54) is 11.4 Å². The van der Waals surface area contributed by atoms with Crippen LogP contribution < -0.4 is 0 Å². The fraction of sp³-hybridized carbons (Fsp3) is 0.455. The molecule has 1 unspecified atom stereocenters. The Kier molecular flexibility index (Phi) is 1.91. The molecule has 1 atom stereocenters. The highest BCUT2D eigenvalue weighted by atomic mass is 15.0. The molecule has 0 N–H and O–H groups in total. The standard InChI is InChI=1S/C11H15N2/c1-8(2)9-7-13(3)10-5-4-6-12-11(9)10/h4-9H,1-3H3/q+1. The van der Waals surface area contributed by atoms with Crippen LogP contribution in [-0.2, 0) is 0 Å². The van der Waals surface area contributed by atoms with Gasteiger partial charge in [0.15, 0.2) is 6.21 Å². The van der Waals surface area contributed by atoms with Crippen molar-refractivity contribution < 1.29 is 4.58 Å². The summed E-state index contributed by atoms with van der Waals surface area (Å²) < 4.78 is 2.17. The SMILES string of the molecule is CC(C)C1C=[N+](C)c2cccnc21. The summed E-state index contributed by atoms with van der Waals surface area (Å²) in [6.07, 6.45) is 4.13. The van der Waals surface area contributed by atoms with Crippen LogP contribution in [-0.4, -0.2) is 22.8 Å². The molecule has 68 valence electrons. The van der Waals surface area contributed by atoms with Crippen LogP contribution >= 0.6 is 0 Å². The molecule has 1 aromatic rings. The maximum atomic E-state index is 4.44. The van der Waals surface area contributed by atoms with Crippen molar-refractivity contribution in [1.82, 2.24) is 4.98 Å². The minimum absolute atomic E-state index is 0.487. The molecule has 1 aliphatic rings. The Balaban J connectivity index is 2.50. The van der Waals surface area contributed by atoms with Gasteiger partial charge in [-0.2, -0.15) is 0 Å². The molecule has 1 aliphatic heterocycles. The minimum atomic E-state index is 0.487. The third-order valence-corrected chi connectivity index (χ3v) is 2.61. The largest absolute Gasteiger partial charge is 0.253 e. The van der Waals surface area contributed by atoms with Crippen LogP contribution in [0.5, 0.6) is 0 Å². The molecule has 0 aromatic carbocycles. The molecule has 0 fully saturated rings. The van der Waals surface area contributed by atoms with Crippen LogP contribution in [0.3, 0.4) is 0 Å². The van der Waals surface area contributed by atoms with Crippen molar-refractivity contribution in [3.8, 4) is 0 Å². The number of hydrogen-bond donors (Lipinski definition) is 0. The van der Waals surface area contributed by atoms with Crippen molar-refractivity contribution in [2.75, 3.05) is 7.05 Å². The number of rotatable bonds is 1. The summed E-state index contributed by atoms with van der Waals surface area (Å²) >= 11 is 0. The highest BCUT2D eigenvalue weighted by Crippen LogP contribution is 2.32. The zero-order chi connectivity index (χ0) is 9.42. The summed E-state index contributed by atoms with van der Waals surface area (Å²) in [5.74, 6) is 1.11. The van der Waals surface area contributed by atoms with Gasteiger partial charge in [0.2, 0.25) is 5.69 Å². The van der Waals surface area contributed by atoms with Crippen molar-refractivity contribution in [2.24, 2.45) is 5.92 Å². The van der Waals surface area contributed by atoms with E-state index in [0.717, 1.165) is 0 Å². The molecule has 2 heteroatoms. The molecule has 0 saturated carbocycles. The summed E-state index contributed by atoms with van der Waals surface area (Å²) in [6.45, 7) is 4.47. The number of aromatic nitrogens is 1. The molecule has 2 nitrogen and oxygen atoms in total. The first-order valence-corrected chi connectivity index (χ1v) is 4.73. The van der Waals surface area contributed by atoms with Crippen molar-refractivity contribution in [3.05, 3.63) is 24.0 Å². The van der Waals surface area contributed by atoms with Gasteiger partial charge in [-0.25, -0.2) is 4.58 Å². The van der Waals surface area contributed by atoms with Gasteiger partial charge < -0.3 is 0 Å². The highest BCUT2D eigenvalue weighted by molar-refractivity contribution is 5.71. The quantitative estimate of drug-likeness (QED) is 0.597. The van der Waals surface area contributed by atoms with Crippen LogP contribution in [0.4, 0.5) is 5.69 Å². The van der Waals surface area contributed by atoms with E-state index in [1.807, 2.05) is 12.3 Å². The predicted molar refractivity (Wildman–Crippen MR) is 53.7 cm³/mol. The molecular weight excluding hydrogens is 160 g/mol. The Morgan fingerprint density at radius 2 is 2.23 bits per heavy atom. The van der Waals surface area contributed by atoms with Crippen LogP contribution in [0.15, 0.2) is 18.3 Å². The third kappa shape index (κ3) is 1.26. The topological polar surface area (TPSA) is 15.9 Å². The van der Waals surface area contributed by atoms with E-state index >= 15 is 0 Å². The lowest BCUT2D eigenvalue weighted by Gasteiger charge is -2.07. The second-order valence-electron chi connectivity index (χ2n) is 3.94. The third-order valence-electron chi connectivity index (χ3n) is 2.61. The number of nitrogens with zero attached hydrogens (tertiary/aromatic N) is 2. The number of fused-ring (bicyclic) bond motifs is 1. The molecule has 0 bridgehead atoms. The normalized spacial score (nSPS) is 20.3. The lowest BCUT2D eigenvalue weighted by atomic mass is 9.94. The Bertz CT molecular complexity index is 353. The first-order chi connectivity index (χ1) is 6.20. The van der Waals surface area contributed by atoms with Gasteiger partial charge >= 0.3 is 0 Å². The van der Waals surface area contributed by atoms with Crippen molar-refractivity contribution in [3.63, 3.8) is 0 Å². The van der Waals surface area contributed by atoms with Crippen molar-refractivity contribution >= 4 is 11.9 Å². The summed E-state index contributed by atoms with van der Waals surface area (Å²) in [4.78, 5) is 4.44. The number of pyridine rings is 1. The average molecular weight is 175 g/mol. The molecular formula is C11H15N2+. The summed E-state index contributed by atoms with van der Waals surface area (Å²) in [7, 11) is 2.09. The fourth-order valence-electron chi connectivity index (χ4n) is 1.84. The fourth-order valence-corrected chi connectivity index (χ4v) is 1.84. The van der Waals surface area contributed by atoms with Crippen LogP contribution in [0.2, 0.25) is 0 Å². The van der Waals surface area contributed by atoms with Gasteiger partial charge in [-0.3, -0.25) is 4.98 Å². The molecule has 2 heterocycles. The zero-order valence-corrected chi connectivity index (χ0v) is 8.36. The van der Waals surface area contributed by atoms with E-state index < -0.39 is 0 Å². The Labute approximate surface area is 78.9 Å². The van der Waals surface area contributed by atoms with E-state index in [9.17, 15) is 0 Å². The van der Waals surface area contributed by atoms with Gasteiger partial charge in [-0.05, 0) is 12.0 Å². The first kappa shape index (κ1) is 8.42. The van der Waals surface area contributed by atoms with E-state index in [0.29, 0.717) is 11.8 Å². The first-order valence-electron chi connectivity index (χ1n) is 4.73. The Hall–Kier alpha value is -1.18. The highest BCUT2D eigenvalue weighted by Gasteiger charge is 2.31. The van der Waals surface area contributed by atoms with Crippen LogP contribution in [0.25, 0.3) is 0 Å². The smallest absolute Gasteiger partial charge is 0.227 e. The maximum Gasteiger partial charge on any atom is 0.227 e. The summed E-state index contributed by atoms with van der Waals surface area (Å²) in [6, 6.07) is 4.12. The molecule has 0 radical (unpaired) electrons. The van der Waals surface area contributed by atoms with E-state index in [1.54, 1.807) is 0 Å². The lowest BCUT2D eigenvalue weighted by molar-refractivity contribution is -0.396. The van der Waals surface area contributed by atoms with Crippen molar-refractivity contribution in [2.45, 2.75) is 19.8 Å². The van der Waals surface area contributed by atoms with Gasteiger partial charge in [0.05, 0.1) is 5.92 Å². The average Bonchev–Trinajstić information content (AvgIpc) is 2.45. The predicted octanol–water partition coefficient (Wildman–Crippen LogP) is 2.18. The Morgan fingerprint density at radius 3 is 2.92 bits per heavy atom. The maximum absolute atomic E-state index is 4.44. The van der Waals surface area contributed by atoms with Gasteiger partial charge in [0.1, 0.15) is 12.7 Å². The molecule has 0 aliphatic carbocycles. The van der Waals surface area contributed by atoms with Crippen LogP contribution in [0.1, 0.15) is 25.5 Å².